The Bertz CT molecular complexity index is 794. The second-order valence-corrected chi connectivity index (χ2v) is 6.83. The third-order valence-electron chi connectivity index (χ3n) is 4.56. The Balaban J connectivity index is 0.00000261. The number of halogens is 3. The molecule has 2 aromatic heterocycles. The molecule has 0 saturated carbocycles. The van der Waals surface area contributed by atoms with Crippen LogP contribution in [0.5, 0.6) is 0 Å². The number of aromatic nitrogens is 2. The number of carbonyl (C=O) groups excluding carboxylic acids is 2. The van der Waals surface area contributed by atoms with Crippen LogP contribution in [0.4, 0.5) is 11.6 Å². The van der Waals surface area contributed by atoms with Crippen LogP contribution in [0.3, 0.4) is 0 Å². The van der Waals surface area contributed by atoms with Crippen LogP contribution in [0.25, 0.3) is 0 Å². The Hall–Kier alpha value is -1.93. The highest BCUT2D eigenvalue weighted by atomic mass is 35.5. The summed E-state index contributed by atoms with van der Waals surface area (Å²) in [6, 6.07) is 7.28. The molecule has 1 saturated heterocycles. The third kappa shape index (κ3) is 7.12. The van der Waals surface area contributed by atoms with E-state index in [2.05, 4.69) is 25.9 Å². The van der Waals surface area contributed by atoms with E-state index in [4.69, 9.17) is 0 Å². The van der Waals surface area contributed by atoms with Gasteiger partial charge >= 0.3 is 0 Å². The maximum atomic E-state index is 12.9. The van der Waals surface area contributed by atoms with Crippen LogP contribution >= 0.6 is 37.2 Å². The molecule has 7 nitrogen and oxygen atoms in total. The number of aryl methyl sites for hydroxylation is 2. The number of hydrogen-bond donors (Lipinski definition) is 3. The first kappa shape index (κ1) is 27.1. The SMILES string of the molecule is Cc1ccc(NC(=O)CC2(C(=O)Nc3ccc(C)cn3)CCNC2)nc1.Cl.Cl.Cl. The Labute approximate surface area is 189 Å². The van der Waals surface area contributed by atoms with Gasteiger partial charge in [0.2, 0.25) is 11.8 Å². The first-order valence-corrected chi connectivity index (χ1v) is 8.64. The summed E-state index contributed by atoms with van der Waals surface area (Å²) in [6.45, 7) is 5.02. The fourth-order valence-corrected chi connectivity index (χ4v) is 3.00. The van der Waals surface area contributed by atoms with Gasteiger partial charge in [0.25, 0.3) is 0 Å². The van der Waals surface area contributed by atoms with Gasteiger partial charge in [-0.25, -0.2) is 9.97 Å². The average Bonchev–Trinajstić information content (AvgIpc) is 3.08. The molecule has 1 aliphatic rings. The topological polar surface area (TPSA) is 96.0 Å². The number of amides is 2. The van der Waals surface area contributed by atoms with Gasteiger partial charge in [0.05, 0.1) is 5.41 Å². The molecule has 0 bridgehead atoms. The normalized spacial score (nSPS) is 17.2. The van der Waals surface area contributed by atoms with E-state index in [1.165, 1.54) is 0 Å². The van der Waals surface area contributed by atoms with Crippen molar-refractivity contribution in [3.63, 3.8) is 0 Å². The number of nitrogens with zero attached hydrogens (tertiary/aromatic N) is 2. The zero-order valence-electron chi connectivity index (χ0n) is 16.2. The minimum absolute atomic E-state index is 0. The van der Waals surface area contributed by atoms with Gasteiger partial charge < -0.3 is 16.0 Å². The monoisotopic (exact) mass is 461 g/mol. The van der Waals surface area contributed by atoms with E-state index in [1.807, 2.05) is 26.0 Å². The van der Waals surface area contributed by atoms with E-state index in [1.54, 1.807) is 24.5 Å². The van der Waals surface area contributed by atoms with E-state index >= 15 is 0 Å². The van der Waals surface area contributed by atoms with Crippen LogP contribution in [0.1, 0.15) is 24.0 Å². The predicted molar refractivity (Wildman–Crippen MR) is 121 cm³/mol. The molecule has 0 aliphatic carbocycles. The molecule has 1 atom stereocenters. The Kier molecular flexibility index (Phi) is 11.1. The molecule has 3 rings (SSSR count). The van der Waals surface area contributed by atoms with Crippen molar-refractivity contribution < 1.29 is 9.59 Å². The van der Waals surface area contributed by atoms with E-state index < -0.39 is 5.41 Å². The molecule has 1 unspecified atom stereocenters. The Morgan fingerprint density at radius 3 is 1.97 bits per heavy atom. The molecule has 29 heavy (non-hydrogen) atoms. The number of pyridine rings is 2. The fourth-order valence-electron chi connectivity index (χ4n) is 3.00. The van der Waals surface area contributed by atoms with Gasteiger partial charge in [-0.3, -0.25) is 9.59 Å². The van der Waals surface area contributed by atoms with Crippen LogP contribution in [-0.4, -0.2) is 34.9 Å². The van der Waals surface area contributed by atoms with Crippen molar-refractivity contribution in [3.05, 3.63) is 47.8 Å². The van der Waals surface area contributed by atoms with Crippen LogP contribution in [0.15, 0.2) is 36.7 Å². The highest BCUT2D eigenvalue weighted by Crippen LogP contribution is 2.31. The number of carbonyl (C=O) groups is 2. The quantitative estimate of drug-likeness (QED) is 0.633. The summed E-state index contributed by atoms with van der Waals surface area (Å²) in [5.41, 5.74) is 1.25. The molecule has 0 spiro atoms. The van der Waals surface area contributed by atoms with E-state index in [9.17, 15) is 9.59 Å². The van der Waals surface area contributed by atoms with Gasteiger partial charge in [0.15, 0.2) is 0 Å². The maximum Gasteiger partial charge on any atom is 0.233 e. The third-order valence-corrected chi connectivity index (χ3v) is 4.56. The van der Waals surface area contributed by atoms with Gasteiger partial charge in [-0.1, -0.05) is 12.1 Å². The van der Waals surface area contributed by atoms with Crippen molar-refractivity contribution in [1.29, 1.82) is 0 Å². The Morgan fingerprint density at radius 1 is 0.966 bits per heavy atom. The molecule has 3 N–H and O–H groups in total. The van der Waals surface area contributed by atoms with Crippen LogP contribution in [0.2, 0.25) is 0 Å². The summed E-state index contributed by atoms with van der Waals surface area (Å²) in [7, 11) is 0. The van der Waals surface area contributed by atoms with Crippen molar-refractivity contribution in [3.8, 4) is 0 Å². The molecule has 2 aromatic rings. The van der Waals surface area contributed by atoms with Gasteiger partial charge in [-0.2, -0.15) is 0 Å². The highest BCUT2D eigenvalue weighted by molar-refractivity contribution is 6.00. The van der Waals surface area contributed by atoms with Crippen molar-refractivity contribution >= 4 is 60.7 Å². The standard InChI is InChI=1S/C19H23N5O2.3ClH/c1-13-3-5-15(21-10-13)23-17(25)9-19(7-8-20-12-19)18(26)24-16-6-4-14(2)11-22-16;;;/h3-6,10-11,20H,7-9,12H2,1-2H3,(H,21,23,25)(H,22,24,26);3*1H. The summed E-state index contributed by atoms with van der Waals surface area (Å²) in [6.07, 6.45) is 4.08. The van der Waals surface area contributed by atoms with E-state index in [0.29, 0.717) is 31.1 Å². The van der Waals surface area contributed by atoms with E-state index in [0.717, 1.165) is 11.1 Å². The second kappa shape index (κ2) is 11.9. The van der Waals surface area contributed by atoms with Gasteiger partial charge in [-0.15, -0.1) is 37.2 Å². The lowest BCUT2D eigenvalue weighted by Crippen LogP contribution is -2.41. The molecule has 1 fully saturated rings. The van der Waals surface area contributed by atoms with Crippen LogP contribution in [0, 0.1) is 19.3 Å². The van der Waals surface area contributed by atoms with Gasteiger partial charge in [0, 0.05) is 25.4 Å². The number of anilines is 2. The molecular weight excluding hydrogens is 437 g/mol. The molecule has 0 aromatic carbocycles. The summed E-state index contributed by atoms with van der Waals surface area (Å²) < 4.78 is 0. The summed E-state index contributed by atoms with van der Waals surface area (Å²) >= 11 is 0. The first-order chi connectivity index (χ1) is 12.5. The molecule has 10 heteroatoms. The minimum Gasteiger partial charge on any atom is -0.316 e. The maximum absolute atomic E-state index is 12.9. The van der Waals surface area contributed by atoms with Crippen LogP contribution in [-0.2, 0) is 9.59 Å². The molecule has 2 amide bonds. The Morgan fingerprint density at radius 2 is 1.52 bits per heavy atom. The first-order valence-electron chi connectivity index (χ1n) is 8.64. The number of hydrogen-bond acceptors (Lipinski definition) is 5. The average molecular weight is 463 g/mol. The lowest BCUT2D eigenvalue weighted by Gasteiger charge is -2.26. The second-order valence-electron chi connectivity index (χ2n) is 6.83. The van der Waals surface area contributed by atoms with Crippen molar-refractivity contribution in [2.24, 2.45) is 5.41 Å². The van der Waals surface area contributed by atoms with E-state index in [-0.39, 0.29) is 55.5 Å². The number of rotatable bonds is 5. The lowest BCUT2D eigenvalue weighted by atomic mass is 9.82. The molecule has 0 radical (unpaired) electrons. The van der Waals surface area contributed by atoms with Crippen molar-refractivity contribution in [1.82, 2.24) is 15.3 Å². The molecule has 160 valence electrons. The van der Waals surface area contributed by atoms with Crippen LogP contribution < -0.4 is 16.0 Å². The molecule has 1 aliphatic heterocycles. The zero-order valence-corrected chi connectivity index (χ0v) is 18.7. The smallest absolute Gasteiger partial charge is 0.233 e. The highest BCUT2D eigenvalue weighted by Gasteiger charge is 2.43. The molecular formula is C19H26Cl3N5O2. The fraction of sp³-hybridized carbons (Fsp3) is 0.368. The largest absolute Gasteiger partial charge is 0.316 e. The van der Waals surface area contributed by atoms with Gasteiger partial charge in [0.1, 0.15) is 11.6 Å². The summed E-state index contributed by atoms with van der Waals surface area (Å²) in [5.74, 6) is 0.567. The zero-order chi connectivity index (χ0) is 18.6. The van der Waals surface area contributed by atoms with Crippen molar-refractivity contribution in [2.45, 2.75) is 26.7 Å². The lowest BCUT2D eigenvalue weighted by molar-refractivity contribution is -0.129. The predicted octanol–water partition coefficient (Wildman–Crippen LogP) is 3.31. The van der Waals surface area contributed by atoms with Gasteiger partial charge in [-0.05, 0) is 50.1 Å². The minimum atomic E-state index is -0.790. The molecule has 3 heterocycles. The summed E-state index contributed by atoms with van der Waals surface area (Å²) in [5, 5.41) is 8.81. The van der Waals surface area contributed by atoms with Crippen molar-refractivity contribution in [2.75, 3.05) is 23.7 Å². The number of nitrogens with one attached hydrogen (secondary N) is 3. The summed E-state index contributed by atoms with van der Waals surface area (Å²) in [4.78, 5) is 33.7.